The molecule has 0 atom stereocenters. The summed E-state index contributed by atoms with van der Waals surface area (Å²) in [4.78, 5) is 11.2. The summed E-state index contributed by atoms with van der Waals surface area (Å²) in [6.07, 6.45) is 7.13. The first-order valence-corrected chi connectivity index (χ1v) is 12.5. The summed E-state index contributed by atoms with van der Waals surface area (Å²) in [5, 5.41) is 13.6. The molecule has 2 aromatic carbocycles. The van der Waals surface area contributed by atoms with E-state index in [-0.39, 0.29) is 22.9 Å². The van der Waals surface area contributed by atoms with E-state index in [9.17, 15) is 9.50 Å². The Kier molecular flexibility index (Phi) is 7.22. The molecule has 0 bridgehead atoms. The van der Waals surface area contributed by atoms with E-state index in [1.54, 1.807) is 19.2 Å². The van der Waals surface area contributed by atoms with Crippen LogP contribution >= 0.6 is 11.6 Å². The highest BCUT2D eigenvalue weighted by Gasteiger charge is 2.29. The lowest BCUT2D eigenvalue weighted by atomic mass is 9.90. The van der Waals surface area contributed by atoms with E-state index in [2.05, 4.69) is 20.2 Å². The third-order valence-electron chi connectivity index (χ3n) is 7.08. The fourth-order valence-corrected chi connectivity index (χ4v) is 5.28. The van der Waals surface area contributed by atoms with Crippen LogP contribution in [0.4, 0.5) is 15.9 Å². The van der Waals surface area contributed by atoms with Gasteiger partial charge in [0.15, 0.2) is 17.3 Å². The summed E-state index contributed by atoms with van der Waals surface area (Å²) in [7, 11) is 1.61. The minimum absolute atomic E-state index is 0.0374. The fourth-order valence-electron chi connectivity index (χ4n) is 5.10. The molecule has 2 aliphatic rings. The van der Waals surface area contributed by atoms with Crippen LogP contribution in [0.2, 0.25) is 5.02 Å². The molecule has 0 radical (unpaired) electrons. The zero-order chi connectivity index (χ0) is 24.4. The molecule has 1 saturated heterocycles. The van der Waals surface area contributed by atoms with Gasteiger partial charge in [0.25, 0.3) is 0 Å². The van der Waals surface area contributed by atoms with Gasteiger partial charge in [0.2, 0.25) is 0 Å². The van der Waals surface area contributed by atoms with Crippen LogP contribution in [0.1, 0.15) is 38.5 Å². The van der Waals surface area contributed by atoms with Crippen molar-refractivity contribution in [3.8, 4) is 11.5 Å². The smallest absolute Gasteiger partial charge is 0.165 e. The highest BCUT2D eigenvalue weighted by Crippen LogP contribution is 2.38. The number of methoxy groups -OCH3 is 1. The van der Waals surface area contributed by atoms with Crippen molar-refractivity contribution in [2.75, 3.05) is 25.5 Å². The molecule has 5 rings (SSSR count). The SMILES string of the molecule is COc1cc2ncnc(Nc3cccc(Cl)c3F)c2cc1O[C@H]1CC[C@H](N2CCC(O)CC2)CC1. The Labute approximate surface area is 209 Å². The van der Waals surface area contributed by atoms with Crippen LogP contribution in [0.25, 0.3) is 10.9 Å². The summed E-state index contributed by atoms with van der Waals surface area (Å²) in [6.45, 7) is 1.94. The normalized spacial score (nSPS) is 21.7. The molecule has 1 saturated carbocycles. The number of halogens is 2. The summed E-state index contributed by atoms with van der Waals surface area (Å²) in [6, 6.07) is 9.01. The molecular weight excluding hydrogens is 471 g/mol. The maximum atomic E-state index is 14.5. The monoisotopic (exact) mass is 500 g/mol. The van der Waals surface area contributed by atoms with E-state index < -0.39 is 5.82 Å². The van der Waals surface area contributed by atoms with Crippen molar-refractivity contribution < 1.29 is 19.0 Å². The van der Waals surface area contributed by atoms with Crippen molar-refractivity contribution >= 4 is 34.0 Å². The average molecular weight is 501 g/mol. The van der Waals surface area contributed by atoms with E-state index >= 15 is 0 Å². The van der Waals surface area contributed by atoms with Gasteiger partial charge in [-0.15, -0.1) is 0 Å². The molecule has 7 nitrogen and oxygen atoms in total. The number of nitrogens with zero attached hydrogens (tertiary/aromatic N) is 3. The maximum absolute atomic E-state index is 14.5. The van der Waals surface area contributed by atoms with Crippen molar-refractivity contribution in [1.82, 2.24) is 14.9 Å². The highest BCUT2D eigenvalue weighted by atomic mass is 35.5. The van der Waals surface area contributed by atoms with Crippen LogP contribution in [-0.2, 0) is 0 Å². The highest BCUT2D eigenvalue weighted by molar-refractivity contribution is 6.31. The number of benzene rings is 2. The molecule has 1 aliphatic carbocycles. The molecule has 0 amide bonds. The number of likely N-dealkylation sites (tertiary alicyclic amines) is 1. The van der Waals surface area contributed by atoms with Gasteiger partial charge in [0, 0.05) is 30.6 Å². The number of nitrogens with one attached hydrogen (secondary N) is 1. The molecule has 1 aliphatic heterocycles. The maximum Gasteiger partial charge on any atom is 0.165 e. The summed E-state index contributed by atoms with van der Waals surface area (Å²) in [5.41, 5.74) is 0.893. The number of ether oxygens (including phenoxy) is 2. The Morgan fingerprint density at radius 2 is 1.83 bits per heavy atom. The minimum Gasteiger partial charge on any atom is -0.493 e. The van der Waals surface area contributed by atoms with Crippen LogP contribution in [0.3, 0.4) is 0 Å². The second-order valence-electron chi connectivity index (χ2n) is 9.28. The predicted molar refractivity (Wildman–Crippen MR) is 134 cm³/mol. The Balaban J connectivity index is 1.33. The second-order valence-corrected chi connectivity index (χ2v) is 9.69. The number of piperidine rings is 1. The number of anilines is 2. The lowest BCUT2D eigenvalue weighted by Gasteiger charge is -2.40. The molecule has 2 N–H and O–H groups in total. The van der Waals surface area contributed by atoms with Gasteiger partial charge in [-0.05, 0) is 56.7 Å². The average Bonchev–Trinajstić information content (AvgIpc) is 2.88. The molecule has 186 valence electrons. The Morgan fingerprint density at radius 3 is 2.57 bits per heavy atom. The van der Waals surface area contributed by atoms with E-state index in [0.717, 1.165) is 51.6 Å². The Morgan fingerprint density at radius 1 is 1.06 bits per heavy atom. The van der Waals surface area contributed by atoms with Crippen LogP contribution in [-0.4, -0.2) is 58.4 Å². The molecule has 35 heavy (non-hydrogen) atoms. The molecule has 1 aromatic heterocycles. The Bertz CT molecular complexity index is 1180. The largest absolute Gasteiger partial charge is 0.493 e. The zero-order valence-electron chi connectivity index (χ0n) is 19.7. The van der Waals surface area contributed by atoms with Gasteiger partial charge < -0.3 is 24.8 Å². The van der Waals surface area contributed by atoms with Gasteiger partial charge in [0.1, 0.15) is 12.1 Å². The number of hydrogen-bond donors (Lipinski definition) is 2. The van der Waals surface area contributed by atoms with Crippen molar-refractivity contribution in [2.24, 2.45) is 0 Å². The molecular formula is C26H30ClFN4O3. The minimum atomic E-state index is -0.536. The second kappa shape index (κ2) is 10.5. The van der Waals surface area contributed by atoms with Crippen LogP contribution < -0.4 is 14.8 Å². The molecule has 0 unspecified atom stereocenters. The number of rotatable bonds is 6. The van der Waals surface area contributed by atoms with Gasteiger partial charge >= 0.3 is 0 Å². The van der Waals surface area contributed by atoms with E-state index in [1.807, 2.05) is 12.1 Å². The van der Waals surface area contributed by atoms with Crippen LogP contribution in [0, 0.1) is 5.82 Å². The van der Waals surface area contributed by atoms with Crippen LogP contribution in [0.5, 0.6) is 11.5 Å². The number of aromatic nitrogens is 2. The number of fused-ring (bicyclic) bond motifs is 1. The first-order valence-electron chi connectivity index (χ1n) is 12.1. The van der Waals surface area contributed by atoms with Crippen LogP contribution in [0.15, 0.2) is 36.7 Å². The van der Waals surface area contributed by atoms with Gasteiger partial charge in [-0.1, -0.05) is 17.7 Å². The predicted octanol–water partition coefficient (Wildman–Crippen LogP) is 5.32. The van der Waals surface area contributed by atoms with Gasteiger partial charge in [-0.3, -0.25) is 0 Å². The fraction of sp³-hybridized carbons (Fsp3) is 0.462. The van der Waals surface area contributed by atoms with Gasteiger partial charge in [0.05, 0.1) is 35.5 Å². The van der Waals surface area contributed by atoms with Gasteiger partial charge in [-0.25, -0.2) is 14.4 Å². The number of aliphatic hydroxyl groups is 1. The quantitative estimate of drug-likeness (QED) is 0.474. The third kappa shape index (κ3) is 5.29. The zero-order valence-corrected chi connectivity index (χ0v) is 20.5. The molecule has 0 spiro atoms. The molecule has 3 aromatic rings. The number of aliphatic hydroxyl groups excluding tert-OH is 1. The summed E-state index contributed by atoms with van der Waals surface area (Å²) in [5.74, 6) is 1.14. The first kappa shape index (κ1) is 24.0. The third-order valence-corrected chi connectivity index (χ3v) is 7.37. The Hall–Kier alpha value is -2.68. The lowest BCUT2D eigenvalue weighted by Crippen LogP contribution is -2.45. The topological polar surface area (TPSA) is 79.7 Å². The molecule has 2 heterocycles. The van der Waals surface area contributed by atoms with Gasteiger partial charge in [-0.2, -0.15) is 0 Å². The van der Waals surface area contributed by atoms with Crippen molar-refractivity contribution in [3.05, 3.63) is 47.5 Å². The lowest BCUT2D eigenvalue weighted by molar-refractivity contribution is 0.0339. The van der Waals surface area contributed by atoms with Crippen molar-refractivity contribution in [3.63, 3.8) is 0 Å². The van der Waals surface area contributed by atoms with Crippen molar-refractivity contribution in [1.29, 1.82) is 0 Å². The summed E-state index contributed by atoms with van der Waals surface area (Å²) < 4.78 is 26.5. The standard InChI is InChI=1S/C26H30ClFN4O3/c1-34-23-14-22-19(26(30-15-29-22)31-21-4-2-3-20(27)25(21)28)13-24(23)35-18-7-5-16(6-8-18)32-11-9-17(33)10-12-32/h2-4,13-18,33H,5-12H2,1H3,(H,29,30,31)/t16-,18-. The number of hydrogen-bond acceptors (Lipinski definition) is 7. The molecule has 2 fully saturated rings. The van der Waals surface area contributed by atoms with Crippen molar-refractivity contribution in [2.45, 2.75) is 56.8 Å². The van der Waals surface area contributed by atoms with E-state index in [0.29, 0.717) is 34.3 Å². The van der Waals surface area contributed by atoms with E-state index in [4.69, 9.17) is 21.1 Å². The summed E-state index contributed by atoms with van der Waals surface area (Å²) >= 11 is 5.94. The molecule has 9 heteroatoms. The van der Waals surface area contributed by atoms with E-state index in [1.165, 1.54) is 12.4 Å². The first-order chi connectivity index (χ1) is 17.0.